The molecule has 0 aliphatic heterocycles. The van der Waals surface area contributed by atoms with Crippen molar-refractivity contribution in [3.05, 3.63) is 34.1 Å². The Hall–Kier alpha value is -1.21. The van der Waals surface area contributed by atoms with Gasteiger partial charge in [0.15, 0.2) is 0 Å². The first kappa shape index (κ1) is 12.9. The van der Waals surface area contributed by atoms with Gasteiger partial charge >= 0.3 is 0 Å². The minimum atomic E-state index is -0.993. The Balaban J connectivity index is 3.29. The molecule has 0 fully saturated rings. The van der Waals surface area contributed by atoms with Crippen LogP contribution in [0.4, 0.5) is 4.39 Å². The summed E-state index contributed by atoms with van der Waals surface area (Å²) < 4.78 is 13.6. The molecule has 0 radical (unpaired) electrons. The molecule has 0 aliphatic rings. The molecule has 0 amide bonds. The predicted octanol–water partition coefficient (Wildman–Crippen LogP) is 3.35. The first-order valence-electron chi connectivity index (χ1n) is 4.76. The van der Waals surface area contributed by atoms with Gasteiger partial charge in [0.25, 0.3) is 0 Å². The molecule has 0 aliphatic carbocycles. The highest BCUT2D eigenvalue weighted by Gasteiger charge is 2.31. The maximum Gasteiger partial charge on any atom is 0.137 e. The molecule has 16 heavy (non-hydrogen) atoms. The van der Waals surface area contributed by atoms with Crippen LogP contribution in [0.15, 0.2) is 22.7 Å². The Labute approximate surface area is 102 Å². The SMILES string of the molecule is CC(=O)CC(C)(C#N)c1cccc(F)c1Br. The van der Waals surface area contributed by atoms with E-state index in [1.54, 1.807) is 13.0 Å². The molecule has 1 rings (SSSR count). The Bertz CT molecular complexity index is 467. The monoisotopic (exact) mass is 283 g/mol. The molecule has 0 saturated carbocycles. The number of ketones is 1. The molecule has 2 nitrogen and oxygen atoms in total. The van der Waals surface area contributed by atoms with Gasteiger partial charge in [0.1, 0.15) is 11.6 Å². The van der Waals surface area contributed by atoms with E-state index < -0.39 is 11.2 Å². The zero-order valence-corrected chi connectivity index (χ0v) is 10.6. The molecule has 0 aromatic heterocycles. The summed E-state index contributed by atoms with van der Waals surface area (Å²) >= 11 is 3.11. The highest BCUT2D eigenvalue weighted by molar-refractivity contribution is 9.10. The van der Waals surface area contributed by atoms with Crippen LogP contribution in [0.3, 0.4) is 0 Å². The fraction of sp³-hybridized carbons (Fsp3) is 0.333. The van der Waals surface area contributed by atoms with Gasteiger partial charge in [-0.25, -0.2) is 4.39 Å². The number of nitrogens with zero attached hydrogens (tertiary/aromatic N) is 1. The van der Waals surface area contributed by atoms with E-state index in [0.717, 1.165) is 0 Å². The number of rotatable bonds is 3. The maximum atomic E-state index is 13.3. The number of hydrogen-bond donors (Lipinski definition) is 0. The Kier molecular flexibility index (Phi) is 3.82. The van der Waals surface area contributed by atoms with Crippen LogP contribution in [0.2, 0.25) is 0 Å². The number of nitriles is 1. The average Bonchev–Trinajstić information content (AvgIpc) is 2.21. The van der Waals surface area contributed by atoms with Crippen molar-refractivity contribution in [1.82, 2.24) is 0 Å². The lowest BCUT2D eigenvalue weighted by molar-refractivity contribution is -0.117. The third-order valence-electron chi connectivity index (χ3n) is 2.40. The molecule has 0 saturated heterocycles. The number of carbonyl (C=O) groups is 1. The van der Waals surface area contributed by atoms with Crippen LogP contribution in [0.5, 0.6) is 0 Å². The minimum absolute atomic E-state index is 0.0750. The second-order valence-electron chi connectivity index (χ2n) is 3.92. The number of hydrogen-bond acceptors (Lipinski definition) is 2. The molecular weight excluding hydrogens is 273 g/mol. The van der Waals surface area contributed by atoms with Crippen LogP contribution in [0.1, 0.15) is 25.8 Å². The van der Waals surface area contributed by atoms with Crippen molar-refractivity contribution in [1.29, 1.82) is 5.26 Å². The minimum Gasteiger partial charge on any atom is -0.300 e. The zero-order valence-electron chi connectivity index (χ0n) is 9.05. The number of Topliss-reactive ketones (excluding diaryl/α,β-unsaturated/α-hetero) is 1. The maximum absolute atomic E-state index is 13.3. The average molecular weight is 284 g/mol. The first-order chi connectivity index (χ1) is 7.40. The van der Waals surface area contributed by atoms with Crippen molar-refractivity contribution in [2.75, 3.05) is 0 Å². The van der Waals surface area contributed by atoms with Gasteiger partial charge in [0.2, 0.25) is 0 Å². The van der Waals surface area contributed by atoms with Gasteiger partial charge in [0.05, 0.1) is 16.0 Å². The molecule has 0 heterocycles. The zero-order chi connectivity index (χ0) is 12.3. The second-order valence-corrected chi connectivity index (χ2v) is 4.72. The fourth-order valence-electron chi connectivity index (χ4n) is 1.62. The highest BCUT2D eigenvalue weighted by Crippen LogP contribution is 2.34. The van der Waals surface area contributed by atoms with Crippen molar-refractivity contribution in [2.24, 2.45) is 0 Å². The molecule has 0 N–H and O–H groups in total. The lowest BCUT2D eigenvalue weighted by Gasteiger charge is -2.22. The summed E-state index contributed by atoms with van der Waals surface area (Å²) in [6, 6.07) is 6.57. The third kappa shape index (κ3) is 2.48. The molecule has 1 aromatic rings. The van der Waals surface area contributed by atoms with E-state index in [-0.39, 0.29) is 16.7 Å². The molecular formula is C12H11BrFNO. The molecule has 1 aromatic carbocycles. The van der Waals surface area contributed by atoms with Crippen molar-refractivity contribution in [3.63, 3.8) is 0 Å². The number of carbonyl (C=O) groups excluding carboxylic acids is 1. The number of benzene rings is 1. The molecule has 1 unspecified atom stereocenters. The van der Waals surface area contributed by atoms with Gasteiger partial charge in [0, 0.05) is 6.42 Å². The Morgan fingerprint density at radius 1 is 1.62 bits per heavy atom. The molecule has 0 spiro atoms. The van der Waals surface area contributed by atoms with E-state index in [4.69, 9.17) is 5.26 Å². The van der Waals surface area contributed by atoms with E-state index in [1.807, 2.05) is 0 Å². The fourth-order valence-corrected chi connectivity index (χ4v) is 2.32. The Morgan fingerprint density at radius 3 is 2.75 bits per heavy atom. The van der Waals surface area contributed by atoms with Crippen molar-refractivity contribution in [2.45, 2.75) is 25.7 Å². The quantitative estimate of drug-likeness (QED) is 0.854. The van der Waals surface area contributed by atoms with Gasteiger partial charge in [-0.2, -0.15) is 5.26 Å². The summed E-state index contributed by atoms with van der Waals surface area (Å²) in [5.74, 6) is -0.525. The predicted molar refractivity (Wildman–Crippen MR) is 62.4 cm³/mol. The molecule has 0 bridgehead atoms. The van der Waals surface area contributed by atoms with E-state index in [0.29, 0.717) is 5.56 Å². The molecule has 84 valence electrons. The van der Waals surface area contributed by atoms with Gasteiger partial charge in [-0.15, -0.1) is 0 Å². The summed E-state index contributed by atoms with van der Waals surface area (Å²) in [6.07, 6.45) is 0.0750. The molecule has 1 atom stereocenters. The van der Waals surface area contributed by atoms with Crippen LogP contribution in [-0.2, 0) is 10.2 Å². The lowest BCUT2D eigenvalue weighted by atomic mass is 9.80. The van der Waals surface area contributed by atoms with Crippen LogP contribution >= 0.6 is 15.9 Å². The van der Waals surface area contributed by atoms with Gasteiger partial charge in [-0.1, -0.05) is 12.1 Å². The third-order valence-corrected chi connectivity index (χ3v) is 3.20. The summed E-state index contributed by atoms with van der Waals surface area (Å²) in [5.41, 5.74) is -0.488. The van der Waals surface area contributed by atoms with E-state index >= 15 is 0 Å². The van der Waals surface area contributed by atoms with Crippen LogP contribution in [0, 0.1) is 17.1 Å². The first-order valence-corrected chi connectivity index (χ1v) is 5.55. The van der Waals surface area contributed by atoms with Crippen LogP contribution in [0.25, 0.3) is 0 Å². The normalized spacial score (nSPS) is 13.9. The van der Waals surface area contributed by atoms with E-state index in [1.165, 1.54) is 19.1 Å². The van der Waals surface area contributed by atoms with Crippen LogP contribution in [-0.4, -0.2) is 5.78 Å². The van der Waals surface area contributed by atoms with Crippen molar-refractivity contribution in [3.8, 4) is 6.07 Å². The van der Waals surface area contributed by atoms with Gasteiger partial charge in [-0.3, -0.25) is 4.79 Å². The lowest BCUT2D eigenvalue weighted by Crippen LogP contribution is -2.23. The standard InChI is InChI=1S/C12H11BrFNO/c1-8(16)6-12(2,7-15)9-4-3-5-10(14)11(9)13/h3-5H,6H2,1-2H3. The smallest absolute Gasteiger partial charge is 0.137 e. The van der Waals surface area contributed by atoms with Crippen LogP contribution < -0.4 is 0 Å². The highest BCUT2D eigenvalue weighted by atomic mass is 79.9. The summed E-state index contributed by atoms with van der Waals surface area (Å²) in [6.45, 7) is 3.05. The number of halogens is 2. The largest absolute Gasteiger partial charge is 0.300 e. The summed E-state index contributed by atoms with van der Waals surface area (Å²) in [4.78, 5) is 11.1. The van der Waals surface area contributed by atoms with Crippen molar-refractivity contribution >= 4 is 21.7 Å². The summed E-state index contributed by atoms with van der Waals surface area (Å²) in [5, 5.41) is 9.16. The van der Waals surface area contributed by atoms with Crippen molar-refractivity contribution < 1.29 is 9.18 Å². The second kappa shape index (κ2) is 4.75. The van der Waals surface area contributed by atoms with Gasteiger partial charge in [-0.05, 0) is 41.4 Å². The van der Waals surface area contributed by atoms with E-state index in [2.05, 4.69) is 22.0 Å². The van der Waals surface area contributed by atoms with E-state index in [9.17, 15) is 9.18 Å². The van der Waals surface area contributed by atoms with Gasteiger partial charge < -0.3 is 0 Å². The topological polar surface area (TPSA) is 40.9 Å². The molecule has 4 heteroatoms. The summed E-state index contributed by atoms with van der Waals surface area (Å²) in [7, 11) is 0. The Morgan fingerprint density at radius 2 is 2.25 bits per heavy atom.